The van der Waals surface area contributed by atoms with Crippen molar-refractivity contribution in [1.29, 1.82) is 0 Å². The highest BCUT2D eigenvalue weighted by molar-refractivity contribution is 7.37. The number of hydrogen-bond donors (Lipinski definition) is 2. The molecule has 152 valence electrons. The molecule has 0 saturated heterocycles. The van der Waals surface area contributed by atoms with Crippen LogP contribution in [0.3, 0.4) is 0 Å². The molecule has 28 heavy (non-hydrogen) atoms. The highest BCUT2D eigenvalue weighted by Crippen LogP contribution is 2.42. The van der Waals surface area contributed by atoms with Gasteiger partial charge in [-0.2, -0.15) is 0 Å². The van der Waals surface area contributed by atoms with Crippen molar-refractivity contribution in [2.45, 2.75) is 26.7 Å². The molecule has 3 rings (SSSR count). The molecule has 0 fully saturated rings. The number of fused-ring (bicyclic) bond motifs is 3. The number of benzene rings is 2. The van der Waals surface area contributed by atoms with Gasteiger partial charge in [-0.3, -0.25) is 0 Å². The fourth-order valence-electron chi connectivity index (χ4n) is 3.15. The molecule has 0 aliphatic carbocycles. The molecule has 2 aromatic carbocycles. The minimum absolute atomic E-state index is 0.614. The van der Waals surface area contributed by atoms with Gasteiger partial charge in [0.15, 0.2) is 9.40 Å². The van der Waals surface area contributed by atoms with E-state index in [0.717, 1.165) is 70.7 Å². The van der Waals surface area contributed by atoms with E-state index < -0.39 is 10.8 Å². The van der Waals surface area contributed by atoms with E-state index in [1.165, 1.54) is 0 Å². The molecule has 0 amide bonds. The van der Waals surface area contributed by atoms with Crippen molar-refractivity contribution >= 4 is 30.9 Å². The van der Waals surface area contributed by atoms with Crippen LogP contribution in [0.4, 0.5) is 0 Å². The number of ether oxygens (including phenoxy) is 2. The summed E-state index contributed by atoms with van der Waals surface area (Å²) in [6.45, 7) is 9.14. The lowest BCUT2D eigenvalue weighted by atomic mass is 10.1. The van der Waals surface area contributed by atoms with Gasteiger partial charge in [0.25, 0.3) is 0 Å². The van der Waals surface area contributed by atoms with Crippen LogP contribution in [0, 0.1) is 0 Å². The van der Waals surface area contributed by atoms with Gasteiger partial charge >= 0.3 is 0 Å². The Balaban J connectivity index is 1.74. The molecule has 0 spiro atoms. The quantitative estimate of drug-likeness (QED) is 0.345. The molecule has 0 bridgehead atoms. The fraction of sp³-hybridized carbons (Fsp3) is 0.455. The monoisotopic (exact) mass is 402 g/mol. The topological polar surface area (TPSA) is 65.6 Å². The predicted molar refractivity (Wildman–Crippen MR) is 117 cm³/mol. The lowest BCUT2D eigenvalue weighted by molar-refractivity contribution is 0.314. The van der Waals surface area contributed by atoms with Gasteiger partial charge < -0.3 is 24.7 Å². The molecular weight excluding hydrogens is 372 g/mol. The Hall–Kier alpha value is -1.86. The summed E-state index contributed by atoms with van der Waals surface area (Å²) in [5, 5.41) is 8.60. The lowest BCUT2D eigenvalue weighted by Gasteiger charge is -2.07. The maximum Gasteiger partial charge on any atom is 0.181 e. The minimum Gasteiger partial charge on any atom is -0.590 e. The predicted octanol–water partition coefficient (Wildman–Crippen LogP) is 4.48. The Morgan fingerprint density at radius 2 is 1.21 bits per heavy atom. The van der Waals surface area contributed by atoms with Crippen LogP contribution in [0.5, 0.6) is 11.5 Å². The Labute approximate surface area is 169 Å². The SMILES string of the molecule is CCCNCCOc1ccc2c(c1)c1cc(OCCNCCC)ccc1[s+]2[O-]. The van der Waals surface area contributed by atoms with Crippen LogP contribution >= 0.6 is 10.8 Å². The molecule has 1 heterocycles. The average molecular weight is 403 g/mol. The third-order valence-electron chi connectivity index (χ3n) is 4.54. The molecule has 5 nitrogen and oxygen atoms in total. The largest absolute Gasteiger partial charge is 0.590 e. The lowest BCUT2D eigenvalue weighted by Crippen LogP contribution is -2.21. The van der Waals surface area contributed by atoms with Crippen molar-refractivity contribution < 1.29 is 14.0 Å². The normalized spacial score (nSPS) is 11.4. The molecule has 0 atom stereocenters. The number of rotatable bonds is 12. The van der Waals surface area contributed by atoms with Crippen molar-refractivity contribution in [3.63, 3.8) is 0 Å². The van der Waals surface area contributed by atoms with Crippen molar-refractivity contribution in [3.05, 3.63) is 36.4 Å². The number of thiophene rings is 1. The van der Waals surface area contributed by atoms with Crippen LogP contribution < -0.4 is 20.1 Å². The van der Waals surface area contributed by atoms with Gasteiger partial charge in [0.1, 0.15) is 24.7 Å². The Bertz CT molecular complexity index is 823. The summed E-state index contributed by atoms with van der Waals surface area (Å²) in [7, 11) is -1.15. The van der Waals surface area contributed by atoms with Gasteiger partial charge in [-0.25, -0.2) is 0 Å². The molecule has 0 aliphatic heterocycles. The molecule has 0 aliphatic rings. The molecule has 0 unspecified atom stereocenters. The second-order valence-corrected chi connectivity index (χ2v) is 8.20. The molecule has 0 saturated carbocycles. The van der Waals surface area contributed by atoms with Crippen LogP contribution in [0.1, 0.15) is 26.7 Å². The minimum atomic E-state index is -1.15. The van der Waals surface area contributed by atoms with E-state index in [1.807, 2.05) is 36.4 Å². The smallest absolute Gasteiger partial charge is 0.181 e. The molecular formula is C22H30N2O3S. The van der Waals surface area contributed by atoms with E-state index in [1.54, 1.807) is 0 Å². The maximum absolute atomic E-state index is 12.8. The van der Waals surface area contributed by atoms with Gasteiger partial charge in [-0.15, -0.1) is 0 Å². The molecule has 3 aromatic rings. The van der Waals surface area contributed by atoms with Crippen LogP contribution in [-0.4, -0.2) is 43.9 Å². The molecule has 2 N–H and O–H groups in total. The second kappa shape index (κ2) is 10.6. The fourth-order valence-corrected chi connectivity index (χ4v) is 4.50. The maximum atomic E-state index is 12.8. The number of nitrogens with one attached hydrogen (secondary N) is 2. The second-order valence-electron chi connectivity index (χ2n) is 6.78. The van der Waals surface area contributed by atoms with Gasteiger partial charge in [0.05, 0.1) is 10.8 Å². The van der Waals surface area contributed by atoms with E-state index >= 15 is 0 Å². The molecule has 0 radical (unpaired) electrons. The van der Waals surface area contributed by atoms with Crippen LogP contribution in [0.2, 0.25) is 0 Å². The summed E-state index contributed by atoms with van der Waals surface area (Å²) in [5.74, 6) is 1.61. The zero-order chi connectivity index (χ0) is 19.8. The highest BCUT2D eigenvalue weighted by atomic mass is 32.2. The van der Waals surface area contributed by atoms with Crippen LogP contribution in [0.25, 0.3) is 20.2 Å². The Morgan fingerprint density at radius 3 is 1.64 bits per heavy atom. The first-order valence-corrected chi connectivity index (χ1v) is 11.3. The zero-order valence-electron chi connectivity index (χ0n) is 16.8. The van der Waals surface area contributed by atoms with E-state index in [0.29, 0.717) is 13.2 Å². The first-order valence-electron chi connectivity index (χ1n) is 10.1. The zero-order valence-corrected chi connectivity index (χ0v) is 17.6. The van der Waals surface area contributed by atoms with Gasteiger partial charge in [0.2, 0.25) is 0 Å². The summed E-state index contributed by atoms with van der Waals surface area (Å²) < 4.78 is 26.2. The van der Waals surface area contributed by atoms with Gasteiger partial charge in [-0.05, 0) is 60.9 Å². The molecule has 1 aromatic heterocycles. The van der Waals surface area contributed by atoms with Crippen molar-refractivity contribution in [1.82, 2.24) is 10.6 Å². The average Bonchev–Trinajstić information content (AvgIpc) is 2.99. The standard InChI is InChI=1S/C22H30N2O3S/c1-3-9-23-11-13-26-17-5-7-21-19(15-17)20-16-18(6-8-22(20)28(21)25)27-14-12-24-10-4-2/h5-8,15-16,23-24H,3-4,9-14H2,1-2H3. The first kappa shape index (κ1) is 20.9. The first-order chi connectivity index (χ1) is 13.7. The third kappa shape index (κ3) is 5.14. The highest BCUT2D eigenvalue weighted by Gasteiger charge is 2.17. The number of hydrogen-bond acceptors (Lipinski definition) is 5. The van der Waals surface area contributed by atoms with Crippen LogP contribution in [0.15, 0.2) is 36.4 Å². The molecule has 6 heteroatoms. The summed E-state index contributed by atoms with van der Waals surface area (Å²) in [5.41, 5.74) is 0. The Morgan fingerprint density at radius 1 is 0.750 bits per heavy atom. The Kier molecular flexibility index (Phi) is 7.91. The van der Waals surface area contributed by atoms with Gasteiger partial charge in [0, 0.05) is 25.2 Å². The van der Waals surface area contributed by atoms with E-state index in [4.69, 9.17) is 9.47 Å². The van der Waals surface area contributed by atoms with Crippen molar-refractivity contribution in [2.75, 3.05) is 39.4 Å². The summed E-state index contributed by atoms with van der Waals surface area (Å²) in [6, 6.07) is 11.6. The third-order valence-corrected chi connectivity index (χ3v) is 6.05. The van der Waals surface area contributed by atoms with E-state index in [-0.39, 0.29) is 0 Å². The van der Waals surface area contributed by atoms with Crippen LogP contribution in [-0.2, 0) is 0 Å². The van der Waals surface area contributed by atoms with Gasteiger partial charge in [-0.1, -0.05) is 13.8 Å². The van der Waals surface area contributed by atoms with Crippen molar-refractivity contribution in [2.24, 2.45) is 0 Å². The van der Waals surface area contributed by atoms with E-state index in [9.17, 15) is 4.55 Å². The summed E-state index contributed by atoms with van der Waals surface area (Å²) in [6.07, 6.45) is 2.22. The summed E-state index contributed by atoms with van der Waals surface area (Å²) in [4.78, 5) is 0. The summed E-state index contributed by atoms with van der Waals surface area (Å²) >= 11 is 0. The van der Waals surface area contributed by atoms with E-state index in [2.05, 4.69) is 24.5 Å². The van der Waals surface area contributed by atoms with Crippen molar-refractivity contribution in [3.8, 4) is 11.5 Å².